The molecule has 128 valence electrons. The Morgan fingerprint density at radius 2 is 1.85 bits per heavy atom. The monoisotopic (exact) mass is 362 g/mol. The van der Waals surface area contributed by atoms with Crippen molar-refractivity contribution in [2.24, 2.45) is 0 Å². The summed E-state index contributed by atoms with van der Waals surface area (Å²) in [5.41, 5.74) is 2.28. The van der Waals surface area contributed by atoms with Gasteiger partial charge in [0.1, 0.15) is 6.54 Å². The number of fused-ring (bicyclic) bond motifs is 1. The molecule has 0 aliphatic heterocycles. The molecule has 0 fully saturated rings. The third-order valence-corrected chi connectivity index (χ3v) is 4.63. The Morgan fingerprint density at radius 3 is 2.69 bits per heavy atom. The average molecular weight is 362 g/mol. The van der Waals surface area contributed by atoms with E-state index in [2.05, 4.69) is 15.4 Å². The van der Waals surface area contributed by atoms with Crippen LogP contribution in [0.15, 0.2) is 71.0 Å². The van der Waals surface area contributed by atoms with Crippen molar-refractivity contribution >= 4 is 33.3 Å². The Hall–Kier alpha value is -3.32. The van der Waals surface area contributed by atoms with E-state index in [4.69, 9.17) is 0 Å². The number of nitrogens with zero attached hydrogens (tertiary/aromatic N) is 3. The molecule has 0 spiro atoms. The largest absolute Gasteiger partial charge is 0.300 e. The van der Waals surface area contributed by atoms with E-state index >= 15 is 0 Å². The first-order valence-electron chi connectivity index (χ1n) is 7.96. The van der Waals surface area contributed by atoms with Gasteiger partial charge in [-0.1, -0.05) is 42.5 Å². The molecule has 0 bridgehead atoms. The van der Waals surface area contributed by atoms with E-state index in [9.17, 15) is 9.59 Å². The second-order valence-corrected chi connectivity index (χ2v) is 6.49. The molecule has 0 atom stereocenters. The molecular formula is C19H14N4O2S. The van der Waals surface area contributed by atoms with Crippen LogP contribution >= 0.6 is 11.3 Å². The van der Waals surface area contributed by atoms with Gasteiger partial charge in [0.2, 0.25) is 11.3 Å². The highest BCUT2D eigenvalue weighted by atomic mass is 32.1. The van der Waals surface area contributed by atoms with Crippen molar-refractivity contribution in [3.8, 4) is 11.3 Å². The maximum atomic E-state index is 12.4. The van der Waals surface area contributed by atoms with Crippen LogP contribution in [0.1, 0.15) is 0 Å². The minimum absolute atomic E-state index is 0.00104. The normalized spacial score (nSPS) is 10.8. The predicted molar refractivity (Wildman–Crippen MR) is 102 cm³/mol. The van der Waals surface area contributed by atoms with Crippen molar-refractivity contribution in [2.45, 2.75) is 6.54 Å². The summed E-state index contributed by atoms with van der Waals surface area (Å²) in [6.45, 7) is 0.00104. The van der Waals surface area contributed by atoms with Crippen LogP contribution in [0.5, 0.6) is 0 Å². The lowest BCUT2D eigenvalue weighted by molar-refractivity contribution is -0.116. The molecule has 2 aromatic heterocycles. The SMILES string of the molecule is O=C(Cn1ncc(=O)c2ccccc21)Nc1nc(-c2ccccc2)cs1. The van der Waals surface area contributed by atoms with Crippen molar-refractivity contribution in [3.63, 3.8) is 0 Å². The lowest BCUT2D eigenvalue weighted by atomic mass is 10.2. The molecule has 4 rings (SSSR count). The molecule has 0 radical (unpaired) electrons. The summed E-state index contributed by atoms with van der Waals surface area (Å²) in [5, 5.41) is 9.82. The van der Waals surface area contributed by atoms with Gasteiger partial charge in [0.25, 0.3) is 0 Å². The fraction of sp³-hybridized carbons (Fsp3) is 0.0526. The molecule has 0 saturated heterocycles. The van der Waals surface area contributed by atoms with Gasteiger partial charge in [-0.15, -0.1) is 11.3 Å². The molecule has 1 amide bonds. The number of anilines is 1. The van der Waals surface area contributed by atoms with Gasteiger partial charge in [0, 0.05) is 16.3 Å². The van der Waals surface area contributed by atoms with Gasteiger partial charge in [-0.25, -0.2) is 4.98 Å². The van der Waals surface area contributed by atoms with E-state index in [0.717, 1.165) is 11.3 Å². The molecule has 2 aromatic carbocycles. The van der Waals surface area contributed by atoms with Gasteiger partial charge < -0.3 is 5.32 Å². The minimum Gasteiger partial charge on any atom is -0.300 e. The fourth-order valence-electron chi connectivity index (χ4n) is 2.65. The van der Waals surface area contributed by atoms with Crippen LogP contribution in [0, 0.1) is 0 Å². The molecule has 2 heterocycles. The first-order chi connectivity index (χ1) is 12.7. The second-order valence-electron chi connectivity index (χ2n) is 5.64. The third kappa shape index (κ3) is 3.25. The lowest BCUT2D eigenvalue weighted by Crippen LogP contribution is -2.22. The van der Waals surface area contributed by atoms with Crippen LogP contribution in [0.4, 0.5) is 5.13 Å². The van der Waals surface area contributed by atoms with Crippen molar-refractivity contribution in [1.82, 2.24) is 14.8 Å². The summed E-state index contributed by atoms with van der Waals surface area (Å²) < 4.78 is 1.51. The summed E-state index contributed by atoms with van der Waals surface area (Å²) in [6, 6.07) is 16.9. The topological polar surface area (TPSA) is 76.9 Å². The van der Waals surface area contributed by atoms with E-state index in [0.29, 0.717) is 16.0 Å². The van der Waals surface area contributed by atoms with Crippen LogP contribution in [0.2, 0.25) is 0 Å². The Bertz CT molecular complexity index is 1130. The number of carbonyl (C=O) groups is 1. The maximum Gasteiger partial charge on any atom is 0.247 e. The number of amides is 1. The highest BCUT2D eigenvalue weighted by Crippen LogP contribution is 2.24. The Labute approximate surface area is 152 Å². The number of nitrogens with one attached hydrogen (secondary N) is 1. The quantitative estimate of drug-likeness (QED) is 0.605. The van der Waals surface area contributed by atoms with Crippen LogP contribution in [-0.2, 0) is 11.3 Å². The van der Waals surface area contributed by atoms with Crippen molar-refractivity contribution < 1.29 is 4.79 Å². The first-order valence-corrected chi connectivity index (χ1v) is 8.84. The summed E-state index contributed by atoms with van der Waals surface area (Å²) in [5.74, 6) is -0.250. The van der Waals surface area contributed by atoms with Crippen LogP contribution in [0.25, 0.3) is 22.2 Å². The minimum atomic E-state index is -0.250. The molecule has 6 nitrogen and oxygen atoms in total. The highest BCUT2D eigenvalue weighted by molar-refractivity contribution is 7.14. The molecule has 0 saturated carbocycles. The Morgan fingerprint density at radius 1 is 1.08 bits per heavy atom. The predicted octanol–water partition coefficient (Wildman–Crippen LogP) is 3.16. The molecule has 7 heteroatoms. The molecule has 26 heavy (non-hydrogen) atoms. The van der Waals surface area contributed by atoms with Crippen molar-refractivity contribution in [3.05, 3.63) is 76.4 Å². The van der Waals surface area contributed by atoms with Crippen LogP contribution in [-0.4, -0.2) is 20.7 Å². The molecule has 0 aliphatic carbocycles. The summed E-state index contributed by atoms with van der Waals surface area (Å²) in [7, 11) is 0. The van der Waals surface area contributed by atoms with E-state index in [1.165, 1.54) is 22.2 Å². The molecule has 1 N–H and O–H groups in total. The summed E-state index contributed by atoms with van der Waals surface area (Å²) >= 11 is 1.37. The zero-order valence-corrected chi connectivity index (χ0v) is 14.4. The van der Waals surface area contributed by atoms with Gasteiger partial charge in [-0.2, -0.15) is 5.10 Å². The smallest absolute Gasteiger partial charge is 0.247 e. The molecular weight excluding hydrogens is 348 g/mol. The summed E-state index contributed by atoms with van der Waals surface area (Å²) in [4.78, 5) is 28.7. The zero-order chi connectivity index (χ0) is 17.9. The number of carbonyl (C=O) groups excluding carboxylic acids is 1. The van der Waals surface area contributed by atoms with Gasteiger partial charge >= 0.3 is 0 Å². The van der Waals surface area contributed by atoms with E-state index in [1.807, 2.05) is 41.8 Å². The Kier molecular flexibility index (Phi) is 4.28. The van der Waals surface area contributed by atoms with Gasteiger partial charge in [-0.05, 0) is 12.1 Å². The lowest BCUT2D eigenvalue weighted by Gasteiger charge is -2.08. The number of thiazole rings is 1. The number of rotatable bonds is 4. The van der Waals surface area contributed by atoms with Crippen LogP contribution in [0.3, 0.4) is 0 Å². The average Bonchev–Trinajstić information content (AvgIpc) is 3.13. The number of aromatic nitrogens is 3. The number of hydrogen-bond acceptors (Lipinski definition) is 5. The zero-order valence-electron chi connectivity index (χ0n) is 13.6. The molecule has 0 unspecified atom stereocenters. The molecule has 4 aromatic rings. The number of para-hydroxylation sites is 1. The standard InChI is InChI=1S/C19H14N4O2S/c24-17-10-20-23(16-9-5-4-8-14(16)17)11-18(25)22-19-21-15(12-26-19)13-6-2-1-3-7-13/h1-10,12H,11H2,(H,21,22,25). The van der Waals surface area contributed by atoms with Crippen LogP contribution < -0.4 is 10.7 Å². The maximum absolute atomic E-state index is 12.4. The third-order valence-electron chi connectivity index (χ3n) is 3.88. The highest BCUT2D eigenvalue weighted by Gasteiger charge is 2.11. The van der Waals surface area contributed by atoms with E-state index in [-0.39, 0.29) is 17.9 Å². The van der Waals surface area contributed by atoms with Gasteiger partial charge in [0.15, 0.2) is 5.13 Å². The van der Waals surface area contributed by atoms with Crippen molar-refractivity contribution in [2.75, 3.05) is 5.32 Å². The number of hydrogen-bond donors (Lipinski definition) is 1. The number of benzene rings is 2. The van der Waals surface area contributed by atoms with Crippen molar-refractivity contribution in [1.29, 1.82) is 0 Å². The second kappa shape index (κ2) is 6.89. The fourth-order valence-corrected chi connectivity index (χ4v) is 3.39. The van der Waals surface area contributed by atoms with E-state index in [1.54, 1.807) is 18.2 Å². The summed E-state index contributed by atoms with van der Waals surface area (Å²) in [6.07, 6.45) is 1.23. The Balaban J connectivity index is 1.53. The first kappa shape index (κ1) is 16.2. The van der Waals surface area contributed by atoms with E-state index < -0.39 is 0 Å². The molecule has 0 aliphatic rings. The van der Waals surface area contributed by atoms with Gasteiger partial charge in [-0.3, -0.25) is 14.3 Å². The van der Waals surface area contributed by atoms with Gasteiger partial charge in [0.05, 0.1) is 17.4 Å².